The highest BCUT2D eigenvalue weighted by atomic mass is 16.4. The summed E-state index contributed by atoms with van der Waals surface area (Å²) in [5.74, 6) is -0.321. The van der Waals surface area contributed by atoms with Crippen LogP contribution in [-0.2, 0) is 9.59 Å². The van der Waals surface area contributed by atoms with Crippen LogP contribution in [0.15, 0.2) is 0 Å². The molecule has 1 rings (SSSR count). The highest BCUT2D eigenvalue weighted by Crippen LogP contribution is 2.38. The minimum atomic E-state index is -0.833. The molecule has 94 valence electrons. The molecule has 1 unspecified atom stereocenters. The molecule has 0 amide bonds. The lowest BCUT2D eigenvalue weighted by Crippen LogP contribution is -2.21. The molecule has 3 nitrogen and oxygen atoms in total. The van der Waals surface area contributed by atoms with Crippen molar-refractivity contribution < 1.29 is 14.7 Å². The summed E-state index contributed by atoms with van der Waals surface area (Å²) in [6.07, 6.45) is 7.99. The van der Waals surface area contributed by atoms with Crippen LogP contribution in [-0.4, -0.2) is 16.9 Å². The van der Waals surface area contributed by atoms with Crippen molar-refractivity contribution in [3.8, 4) is 0 Å². The van der Waals surface area contributed by atoms with Crippen molar-refractivity contribution in [2.75, 3.05) is 0 Å². The van der Waals surface area contributed by atoms with Crippen LogP contribution >= 0.6 is 0 Å². The molecular weight excluding hydrogens is 204 g/mol. The number of carboxylic acids is 1. The van der Waals surface area contributed by atoms with Crippen LogP contribution in [0.1, 0.15) is 65.7 Å². The molecule has 3 heteroatoms. The fourth-order valence-electron chi connectivity index (χ4n) is 2.11. The van der Waals surface area contributed by atoms with Gasteiger partial charge in [-0.15, -0.1) is 0 Å². The lowest BCUT2D eigenvalue weighted by molar-refractivity contribution is -0.134. The van der Waals surface area contributed by atoms with Crippen LogP contribution in [0.4, 0.5) is 0 Å². The zero-order valence-electron chi connectivity index (χ0n) is 10.7. The van der Waals surface area contributed by atoms with E-state index in [1.165, 1.54) is 19.3 Å². The minimum absolute atomic E-state index is 0.0647. The third-order valence-corrected chi connectivity index (χ3v) is 3.14. The van der Waals surface area contributed by atoms with E-state index in [-0.39, 0.29) is 5.41 Å². The number of unbranched alkanes of at least 4 members (excludes halogenated alkanes) is 2. The Morgan fingerprint density at radius 2 is 2.00 bits per heavy atom. The molecule has 0 saturated heterocycles. The molecule has 1 fully saturated rings. The van der Waals surface area contributed by atoms with Gasteiger partial charge in [-0.3, -0.25) is 9.59 Å². The maximum absolute atomic E-state index is 11.5. The number of Topliss-reactive ketones (excluding diaryl/α,β-unsaturated/α-hetero) is 1. The van der Waals surface area contributed by atoms with E-state index in [2.05, 4.69) is 13.8 Å². The minimum Gasteiger partial charge on any atom is -0.481 e. The second-order valence-electron chi connectivity index (χ2n) is 4.81. The molecule has 0 aromatic rings. The van der Waals surface area contributed by atoms with Gasteiger partial charge in [0, 0.05) is 18.8 Å². The summed E-state index contributed by atoms with van der Waals surface area (Å²) >= 11 is 0. The molecule has 0 heterocycles. The molecule has 1 saturated carbocycles. The van der Waals surface area contributed by atoms with E-state index in [1.807, 2.05) is 0 Å². The van der Waals surface area contributed by atoms with Crippen molar-refractivity contribution in [1.29, 1.82) is 0 Å². The first-order valence-corrected chi connectivity index (χ1v) is 6.15. The summed E-state index contributed by atoms with van der Waals surface area (Å²) in [6.45, 7) is 5.44. The van der Waals surface area contributed by atoms with E-state index >= 15 is 0 Å². The van der Waals surface area contributed by atoms with Crippen LogP contribution in [0.2, 0.25) is 0 Å². The number of carbonyl (C=O) groups is 2. The molecule has 0 aromatic heterocycles. The van der Waals surface area contributed by atoms with Crippen molar-refractivity contribution in [2.45, 2.75) is 65.7 Å². The molecule has 0 spiro atoms. The van der Waals surface area contributed by atoms with Crippen LogP contribution < -0.4 is 0 Å². The van der Waals surface area contributed by atoms with Crippen molar-refractivity contribution in [2.24, 2.45) is 5.41 Å². The van der Waals surface area contributed by atoms with Gasteiger partial charge >= 0.3 is 0 Å². The smallest absolute Gasteiger partial charge is 0.300 e. The Labute approximate surface area is 98.2 Å². The molecule has 0 aromatic carbocycles. The van der Waals surface area contributed by atoms with Gasteiger partial charge in [0.25, 0.3) is 5.97 Å². The number of ketones is 1. The fraction of sp³-hybridized carbons (Fsp3) is 0.846. The van der Waals surface area contributed by atoms with Crippen molar-refractivity contribution >= 4 is 11.8 Å². The van der Waals surface area contributed by atoms with Crippen molar-refractivity contribution in [1.82, 2.24) is 0 Å². The first-order valence-electron chi connectivity index (χ1n) is 6.15. The van der Waals surface area contributed by atoms with Gasteiger partial charge in [-0.25, -0.2) is 0 Å². The Kier molecular flexibility index (Phi) is 7.02. The van der Waals surface area contributed by atoms with E-state index in [1.54, 1.807) is 0 Å². The molecule has 1 aliphatic rings. The molecule has 0 radical (unpaired) electrons. The molecule has 1 aliphatic carbocycles. The SMILES string of the molecule is CC(=O)O.CCCCCC1(C)CCCC1=O. The maximum Gasteiger partial charge on any atom is 0.300 e. The number of hydrogen-bond acceptors (Lipinski definition) is 2. The van der Waals surface area contributed by atoms with E-state index in [9.17, 15) is 4.79 Å². The summed E-state index contributed by atoms with van der Waals surface area (Å²) in [6, 6.07) is 0. The maximum atomic E-state index is 11.5. The number of carboxylic acid groups (broad SMARTS) is 1. The van der Waals surface area contributed by atoms with Crippen molar-refractivity contribution in [3.05, 3.63) is 0 Å². The summed E-state index contributed by atoms with van der Waals surface area (Å²) in [5.41, 5.74) is 0.0647. The largest absolute Gasteiger partial charge is 0.481 e. The highest BCUT2D eigenvalue weighted by Gasteiger charge is 2.36. The lowest BCUT2D eigenvalue weighted by Gasteiger charge is -2.21. The topological polar surface area (TPSA) is 54.4 Å². The molecule has 0 aliphatic heterocycles. The average Bonchev–Trinajstić information content (AvgIpc) is 2.47. The molecule has 0 bridgehead atoms. The molecule has 1 atom stereocenters. The summed E-state index contributed by atoms with van der Waals surface area (Å²) < 4.78 is 0. The van der Waals surface area contributed by atoms with Gasteiger partial charge in [0.15, 0.2) is 0 Å². The van der Waals surface area contributed by atoms with Gasteiger partial charge < -0.3 is 5.11 Å². The number of rotatable bonds is 4. The molecule has 1 N–H and O–H groups in total. The first-order chi connectivity index (χ1) is 7.42. The number of carbonyl (C=O) groups excluding carboxylic acids is 1. The predicted molar refractivity (Wildman–Crippen MR) is 64.4 cm³/mol. The summed E-state index contributed by atoms with van der Waals surface area (Å²) in [4.78, 5) is 20.5. The standard InChI is InChI=1S/C11H20O.C2H4O2/c1-3-4-5-8-11(2)9-6-7-10(11)12;1-2(3)4/h3-9H2,1-2H3;1H3,(H,3,4). The van der Waals surface area contributed by atoms with Crippen LogP contribution in [0, 0.1) is 5.41 Å². The highest BCUT2D eigenvalue weighted by molar-refractivity contribution is 5.86. The molecule has 16 heavy (non-hydrogen) atoms. The Morgan fingerprint density at radius 3 is 2.38 bits per heavy atom. The van der Waals surface area contributed by atoms with Gasteiger partial charge in [0.1, 0.15) is 5.78 Å². The Hall–Kier alpha value is -0.860. The van der Waals surface area contributed by atoms with Gasteiger partial charge in [-0.1, -0.05) is 33.1 Å². The van der Waals surface area contributed by atoms with Gasteiger partial charge in [0.2, 0.25) is 0 Å². The fourth-order valence-corrected chi connectivity index (χ4v) is 2.11. The number of hydrogen-bond donors (Lipinski definition) is 1. The second-order valence-corrected chi connectivity index (χ2v) is 4.81. The average molecular weight is 228 g/mol. The summed E-state index contributed by atoms with van der Waals surface area (Å²) in [5, 5.41) is 7.42. The molecular formula is C13H24O3. The van der Waals surface area contributed by atoms with Gasteiger partial charge in [-0.05, 0) is 19.3 Å². The van der Waals surface area contributed by atoms with E-state index in [0.717, 1.165) is 32.6 Å². The van der Waals surface area contributed by atoms with Crippen LogP contribution in [0.5, 0.6) is 0 Å². The van der Waals surface area contributed by atoms with Crippen LogP contribution in [0.3, 0.4) is 0 Å². The third-order valence-electron chi connectivity index (χ3n) is 3.14. The van der Waals surface area contributed by atoms with E-state index in [4.69, 9.17) is 9.90 Å². The predicted octanol–water partition coefficient (Wildman–Crippen LogP) is 3.42. The van der Waals surface area contributed by atoms with Gasteiger partial charge in [-0.2, -0.15) is 0 Å². The second kappa shape index (κ2) is 7.42. The third kappa shape index (κ3) is 5.89. The quantitative estimate of drug-likeness (QED) is 0.750. The Morgan fingerprint density at radius 1 is 1.44 bits per heavy atom. The van der Waals surface area contributed by atoms with E-state index in [0.29, 0.717) is 5.78 Å². The normalized spacial score (nSPS) is 23.8. The Balaban J connectivity index is 0.000000487. The summed E-state index contributed by atoms with van der Waals surface area (Å²) in [7, 11) is 0. The van der Waals surface area contributed by atoms with Crippen molar-refractivity contribution in [3.63, 3.8) is 0 Å². The lowest BCUT2D eigenvalue weighted by atomic mass is 9.82. The monoisotopic (exact) mass is 228 g/mol. The number of aliphatic carboxylic acids is 1. The zero-order valence-corrected chi connectivity index (χ0v) is 10.7. The Bertz CT molecular complexity index is 231. The van der Waals surface area contributed by atoms with E-state index < -0.39 is 5.97 Å². The van der Waals surface area contributed by atoms with Gasteiger partial charge in [0.05, 0.1) is 0 Å². The first kappa shape index (κ1) is 15.1. The zero-order chi connectivity index (χ0) is 12.6. The van der Waals surface area contributed by atoms with Crippen LogP contribution in [0.25, 0.3) is 0 Å².